The van der Waals surface area contributed by atoms with Gasteiger partial charge in [0.1, 0.15) is 11.6 Å². The van der Waals surface area contributed by atoms with Crippen molar-refractivity contribution in [3.63, 3.8) is 0 Å². The average molecular weight is 247 g/mol. The second-order valence-electron chi connectivity index (χ2n) is 3.73. The van der Waals surface area contributed by atoms with Crippen molar-refractivity contribution >= 4 is 22.6 Å². The third-order valence-electron chi connectivity index (χ3n) is 2.57. The average Bonchev–Trinajstić information content (AvgIpc) is 2.74. The predicted molar refractivity (Wildman–Crippen MR) is 66.5 cm³/mol. The Hall–Kier alpha value is -1.87. The Morgan fingerprint density at radius 3 is 2.65 bits per heavy atom. The maximum Gasteiger partial charge on any atom is 0.144 e. The molecule has 0 saturated carbocycles. The third kappa shape index (κ3) is 1.78. The van der Waals surface area contributed by atoms with Crippen LogP contribution in [0.3, 0.4) is 0 Å². The molecule has 1 N–H and O–H groups in total. The minimum atomic E-state index is -0.453. The first kappa shape index (κ1) is 10.3. The Bertz CT molecular complexity index is 637. The van der Waals surface area contributed by atoms with Gasteiger partial charge in [-0.3, -0.25) is 0 Å². The zero-order valence-corrected chi connectivity index (χ0v) is 9.50. The molecule has 3 aromatic rings. The van der Waals surface area contributed by atoms with Crippen LogP contribution in [0, 0.1) is 5.82 Å². The van der Waals surface area contributed by atoms with E-state index in [2.05, 4.69) is 9.97 Å². The molecule has 1 aromatic heterocycles. The Labute approximate surface area is 102 Å². The normalized spacial score (nSPS) is 10.9. The van der Waals surface area contributed by atoms with Gasteiger partial charge in [0.25, 0.3) is 0 Å². The molecular weight excluding hydrogens is 239 g/mol. The number of halogens is 2. The molecule has 1 heterocycles. The number of nitrogens with zero attached hydrogens (tertiary/aromatic N) is 1. The molecule has 0 spiro atoms. The van der Waals surface area contributed by atoms with E-state index in [0.717, 1.165) is 11.1 Å². The molecule has 0 amide bonds. The number of aromatic amines is 1. The van der Waals surface area contributed by atoms with E-state index >= 15 is 0 Å². The fourth-order valence-electron chi connectivity index (χ4n) is 1.74. The fourth-order valence-corrected chi connectivity index (χ4v) is 1.90. The molecule has 84 valence electrons. The van der Waals surface area contributed by atoms with Crippen molar-refractivity contribution in [2.45, 2.75) is 0 Å². The van der Waals surface area contributed by atoms with Crippen LogP contribution in [0.15, 0.2) is 42.5 Å². The molecule has 2 aromatic carbocycles. The molecule has 0 bridgehead atoms. The lowest BCUT2D eigenvalue weighted by Gasteiger charge is -1.93. The highest BCUT2D eigenvalue weighted by atomic mass is 35.5. The van der Waals surface area contributed by atoms with E-state index in [-0.39, 0.29) is 5.02 Å². The van der Waals surface area contributed by atoms with Crippen LogP contribution in [0.5, 0.6) is 0 Å². The van der Waals surface area contributed by atoms with Crippen molar-refractivity contribution in [3.05, 3.63) is 53.3 Å². The Morgan fingerprint density at radius 1 is 1.12 bits per heavy atom. The number of benzene rings is 2. The van der Waals surface area contributed by atoms with Gasteiger partial charge in [0, 0.05) is 11.6 Å². The molecule has 0 atom stereocenters. The zero-order chi connectivity index (χ0) is 11.8. The van der Waals surface area contributed by atoms with Gasteiger partial charge in [-0.2, -0.15) is 0 Å². The van der Waals surface area contributed by atoms with Crippen molar-refractivity contribution in [3.8, 4) is 11.4 Å². The molecule has 0 radical (unpaired) electrons. The van der Waals surface area contributed by atoms with E-state index in [1.807, 2.05) is 30.3 Å². The van der Waals surface area contributed by atoms with Gasteiger partial charge < -0.3 is 4.98 Å². The molecule has 0 fully saturated rings. The van der Waals surface area contributed by atoms with Gasteiger partial charge >= 0.3 is 0 Å². The molecule has 0 saturated heterocycles. The number of imidazole rings is 1. The topological polar surface area (TPSA) is 28.7 Å². The summed E-state index contributed by atoms with van der Waals surface area (Å²) in [6, 6.07) is 12.5. The molecule has 0 unspecified atom stereocenters. The van der Waals surface area contributed by atoms with Gasteiger partial charge in [-0.15, -0.1) is 0 Å². The minimum absolute atomic E-state index is 0.0979. The van der Waals surface area contributed by atoms with Crippen LogP contribution >= 0.6 is 11.6 Å². The molecule has 4 heteroatoms. The SMILES string of the molecule is Fc1cc2nc(-c3ccccc3)[nH]c2cc1Cl. The van der Waals surface area contributed by atoms with Crippen LogP contribution in [0.25, 0.3) is 22.4 Å². The van der Waals surface area contributed by atoms with Gasteiger partial charge in [0.2, 0.25) is 0 Å². The van der Waals surface area contributed by atoms with Crippen LogP contribution < -0.4 is 0 Å². The van der Waals surface area contributed by atoms with Gasteiger partial charge in [0.15, 0.2) is 0 Å². The Kier molecular flexibility index (Phi) is 2.34. The number of aromatic nitrogens is 2. The number of hydrogen-bond donors (Lipinski definition) is 1. The number of H-pyrrole nitrogens is 1. The maximum atomic E-state index is 13.3. The quantitative estimate of drug-likeness (QED) is 0.690. The highest BCUT2D eigenvalue weighted by Gasteiger charge is 2.08. The molecule has 0 aliphatic heterocycles. The summed E-state index contributed by atoms with van der Waals surface area (Å²) >= 11 is 5.72. The summed E-state index contributed by atoms with van der Waals surface area (Å²) in [5.41, 5.74) is 2.27. The van der Waals surface area contributed by atoms with Crippen molar-refractivity contribution < 1.29 is 4.39 Å². The highest BCUT2D eigenvalue weighted by Crippen LogP contribution is 2.24. The van der Waals surface area contributed by atoms with Crippen LogP contribution in [0.2, 0.25) is 5.02 Å². The van der Waals surface area contributed by atoms with Gasteiger partial charge in [-0.05, 0) is 6.07 Å². The second kappa shape index (κ2) is 3.86. The molecule has 3 rings (SSSR count). The number of nitrogens with one attached hydrogen (secondary N) is 1. The number of rotatable bonds is 1. The molecule has 0 aliphatic rings. The van der Waals surface area contributed by atoms with Crippen molar-refractivity contribution in [1.82, 2.24) is 9.97 Å². The van der Waals surface area contributed by atoms with Gasteiger partial charge in [-0.1, -0.05) is 41.9 Å². The first-order valence-corrected chi connectivity index (χ1v) is 5.52. The summed E-state index contributed by atoms with van der Waals surface area (Å²) in [5.74, 6) is 0.257. The van der Waals surface area contributed by atoms with E-state index < -0.39 is 5.82 Å². The van der Waals surface area contributed by atoms with Crippen LogP contribution in [0.4, 0.5) is 4.39 Å². The summed E-state index contributed by atoms with van der Waals surface area (Å²) in [6.45, 7) is 0. The van der Waals surface area contributed by atoms with E-state index in [9.17, 15) is 4.39 Å². The van der Waals surface area contributed by atoms with E-state index in [1.165, 1.54) is 6.07 Å². The Balaban J connectivity index is 2.21. The molecular formula is C13H8ClFN2. The van der Waals surface area contributed by atoms with Crippen LogP contribution in [-0.2, 0) is 0 Å². The lowest BCUT2D eigenvalue weighted by atomic mass is 10.2. The zero-order valence-electron chi connectivity index (χ0n) is 8.74. The summed E-state index contributed by atoms with van der Waals surface area (Å²) in [7, 11) is 0. The highest BCUT2D eigenvalue weighted by molar-refractivity contribution is 6.31. The summed E-state index contributed by atoms with van der Waals surface area (Å²) in [4.78, 5) is 7.45. The molecule has 2 nitrogen and oxygen atoms in total. The van der Waals surface area contributed by atoms with Crippen molar-refractivity contribution in [2.75, 3.05) is 0 Å². The minimum Gasteiger partial charge on any atom is -0.338 e. The summed E-state index contributed by atoms with van der Waals surface area (Å²) in [6.07, 6.45) is 0. The Morgan fingerprint density at radius 2 is 1.88 bits per heavy atom. The first-order valence-electron chi connectivity index (χ1n) is 5.14. The van der Waals surface area contributed by atoms with Crippen LogP contribution in [-0.4, -0.2) is 9.97 Å². The van der Waals surface area contributed by atoms with Crippen LogP contribution in [0.1, 0.15) is 0 Å². The molecule has 0 aliphatic carbocycles. The summed E-state index contributed by atoms with van der Waals surface area (Å²) in [5, 5.41) is 0.0979. The standard InChI is InChI=1S/C13H8ClFN2/c14-9-6-11-12(7-10(9)15)17-13(16-11)8-4-2-1-3-5-8/h1-7H,(H,16,17). The van der Waals surface area contributed by atoms with E-state index in [0.29, 0.717) is 11.3 Å². The van der Waals surface area contributed by atoms with E-state index in [4.69, 9.17) is 11.6 Å². The van der Waals surface area contributed by atoms with Gasteiger partial charge in [-0.25, -0.2) is 9.37 Å². The monoisotopic (exact) mass is 246 g/mol. The summed E-state index contributed by atoms with van der Waals surface area (Å²) < 4.78 is 13.3. The number of hydrogen-bond acceptors (Lipinski definition) is 1. The van der Waals surface area contributed by atoms with Crippen molar-refractivity contribution in [2.24, 2.45) is 0 Å². The smallest absolute Gasteiger partial charge is 0.144 e. The van der Waals surface area contributed by atoms with Gasteiger partial charge in [0.05, 0.1) is 16.1 Å². The van der Waals surface area contributed by atoms with E-state index in [1.54, 1.807) is 6.07 Å². The maximum absolute atomic E-state index is 13.3. The van der Waals surface area contributed by atoms with Crippen molar-refractivity contribution in [1.29, 1.82) is 0 Å². The lowest BCUT2D eigenvalue weighted by molar-refractivity contribution is 0.630. The second-order valence-corrected chi connectivity index (χ2v) is 4.14. The first-order chi connectivity index (χ1) is 8.24. The third-order valence-corrected chi connectivity index (χ3v) is 2.86. The fraction of sp³-hybridized carbons (Fsp3) is 0. The predicted octanol–water partition coefficient (Wildman–Crippen LogP) is 4.02. The molecule has 17 heavy (non-hydrogen) atoms. The lowest BCUT2D eigenvalue weighted by Crippen LogP contribution is -1.77. The largest absolute Gasteiger partial charge is 0.338 e. The number of fused-ring (bicyclic) bond motifs is 1.